The first-order chi connectivity index (χ1) is 13.1. The predicted molar refractivity (Wildman–Crippen MR) is 113 cm³/mol. The average Bonchev–Trinajstić information content (AvgIpc) is 2.98. The molecule has 1 heterocycles. The third kappa shape index (κ3) is 6.37. The molecule has 0 unspecified atom stereocenters. The Bertz CT molecular complexity index is 837. The van der Waals surface area contributed by atoms with Gasteiger partial charge >= 0.3 is 0 Å². The summed E-state index contributed by atoms with van der Waals surface area (Å²) >= 11 is 6.12. The minimum absolute atomic E-state index is 0.0400. The molecule has 1 aromatic carbocycles. The Morgan fingerprint density at radius 1 is 1.14 bits per heavy atom. The average molecular weight is 405 g/mol. The largest absolute Gasteiger partial charge is 0.354 e. The number of rotatable bonds is 7. The Hall–Kier alpha value is -2.34. The van der Waals surface area contributed by atoms with Crippen LogP contribution in [0.3, 0.4) is 0 Å². The van der Waals surface area contributed by atoms with Gasteiger partial charge in [0.15, 0.2) is 0 Å². The number of hydrogen-bond donors (Lipinski definition) is 2. The van der Waals surface area contributed by atoms with Crippen LogP contribution in [0.15, 0.2) is 30.3 Å². The second-order valence-electron chi connectivity index (χ2n) is 8.18. The lowest BCUT2D eigenvalue weighted by molar-refractivity contribution is -0.121. The zero-order valence-electron chi connectivity index (χ0n) is 17.2. The van der Waals surface area contributed by atoms with E-state index in [2.05, 4.69) is 36.5 Å². The number of hydrogen-bond acceptors (Lipinski definition) is 3. The van der Waals surface area contributed by atoms with Crippen molar-refractivity contribution in [2.24, 2.45) is 0 Å². The fraction of sp³-hybridized carbons (Fsp3) is 0.476. The smallest absolute Gasteiger partial charge is 0.225 e. The molecule has 2 rings (SSSR count). The van der Waals surface area contributed by atoms with Crippen LogP contribution in [0.2, 0.25) is 5.02 Å². The molecular formula is C21H29ClN4O2. The number of halogens is 1. The van der Waals surface area contributed by atoms with E-state index in [-0.39, 0.29) is 29.7 Å². The molecule has 0 aliphatic rings. The van der Waals surface area contributed by atoms with Crippen LogP contribution in [0.1, 0.15) is 59.6 Å². The molecule has 2 N–H and O–H groups in total. The Kier molecular flexibility index (Phi) is 7.24. The van der Waals surface area contributed by atoms with Crippen LogP contribution in [-0.4, -0.2) is 27.6 Å². The number of carbonyl (C=O) groups excluding carboxylic acids is 2. The molecule has 0 saturated carbocycles. The number of amides is 2. The van der Waals surface area contributed by atoms with Crippen molar-refractivity contribution in [3.05, 3.63) is 41.0 Å². The molecule has 2 aromatic rings. The van der Waals surface area contributed by atoms with Crippen LogP contribution in [0.5, 0.6) is 0 Å². The number of carbonyl (C=O) groups is 2. The molecule has 0 saturated heterocycles. The number of anilines is 1. The summed E-state index contributed by atoms with van der Waals surface area (Å²) in [5, 5.41) is 11.0. The summed E-state index contributed by atoms with van der Waals surface area (Å²) in [7, 11) is 0. The van der Waals surface area contributed by atoms with E-state index in [1.807, 2.05) is 32.0 Å². The van der Waals surface area contributed by atoms with Crippen molar-refractivity contribution in [3.63, 3.8) is 0 Å². The Balaban J connectivity index is 2.12. The first-order valence-corrected chi connectivity index (χ1v) is 9.90. The van der Waals surface area contributed by atoms with Gasteiger partial charge < -0.3 is 10.6 Å². The van der Waals surface area contributed by atoms with E-state index in [1.165, 1.54) is 0 Å². The third-order valence-electron chi connectivity index (χ3n) is 4.06. The van der Waals surface area contributed by atoms with E-state index in [4.69, 9.17) is 11.6 Å². The quantitative estimate of drug-likeness (QED) is 0.715. The highest BCUT2D eigenvalue weighted by molar-refractivity contribution is 6.30. The normalized spacial score (nSPS) is 11.5. The van der Waals surface area contributed by atoms with Crippen LogP contribution in [0.25, 0.3) is 5.69 Å². The Morgan fingerprint density at radius 3 is 2.43 bits per heavy atom. The van der Waals surface area contributed by atoms with Crippen LogP contribution >= 0.6 is 11.6 Å². The zero-order chi connectivity index (χ0) is 20.9. The highest BCUT2D eigenvalue weighted by Crippen LogP contribution is 2.27. The van der Waals surface area contributed by atoms with Crippen LogP contribution in [-0.2, 0) is 15.0 Å². The van der Waals surface area contributed by atoms with Crippen molar-refractivity contribution in [2.45, 2.75) is 65.3 Å². The Morgan fingerprint density at radius 2 is 1.82 bits per heavy atom. The van der Waals surface area contributed by atoms with Gasteiger partial charge in [-0.25, -0.2) is 4.68 Å². The monoisotopic (exact) mass is 404 g/mol. The lowest BCUT2D eigenvalue weighted by Crippen LogP contribution is -2.30. The topological polar surface area (TPSA) is 76.0 Å². The highest BCUT2D eigenvalue weighted by Gasteiger charge is 2.21. The van der Waals surface area contributed by atoms with Gasteiger partial charge in [-0.05, 0) is 38.5 Å². The maximum atomic E-state index is 12.4. The summed E-state index contributed by atoms with van der Waals surface area (Å²) in [6.07, 6.45) is 1.07. The van der Waals surface area contributed by atoms with Crippen LogP contribution < -0.4 is 10.6 Å². The molecule has 7 heteroatoms. The van der Waals surface area contributed by atoms with Crippen molar-refractivity contribution < 1.29 is 9.59 Å². The van der Waals surface area contributed by atoms with E-state index < -0.39 is 0 Å². The minimum Gasteiger partial charge on any atom is -0.354 e. The maximum absolute atomic E-state index is 12.4. The first kappa shape index (κ1) is 22.0. The standard InChI is InChI=1S/C21H29ClN4O2/c1-14(2)23-19(27)10-7-11-20(28)24-18-13-17(21(3,4)5)25-26(18)16-9-6-8-15(22)12-16/h6,8-9,12-14H,7,10-11H2,1-5H3,(H,23,27)(H,24,28). The van der Waals surface area contributed by atoms with Crippen LogP contribution in [0.4, 0.5) is 5.82 Å². The van der Waals surface area contributed by atoms with E-state index in [0.29, 0.717) is 23.7 Å². The summed E-state index contributed by atoms with van der Waals surface area (Å²) in [5.74, 6) is 0.395. The summed E-state index contributed by atoms with van der Waals surface area (Å²) in [5.41, 5.74) is 1.46. The number of nitrogens with one attached hydrogen (secondary N) is 2. The lowest BCUT2D eigenvalue weighted by atomic mass is 9.92. The summed E-state index contributed by atoms with van der Waals surface area (Å²) in [4.78, 5) is 24.1. The van der Waals surface area contributed by atoms with Gasteiger partial charge in [0.05, 0.1) is 11.4 Å². The van der Waals surface area contributed by atoms with Crippen molar-refractivity contribution in [3.8, 4) is 5.69 Å². The number of nitrogens with zero attached hydrogens (tertiary/aromatic N) is 2. The highest BCUT2D eigenvalue weighted by atomic mass is 35.5. The van der Waals surface area contributed by atoms with Gasteiger partial charge in [0, 0.05) is 35.4 Å². The fourth-order valence-electron chi connectivity index (χ4n) is 2.65. The van der Waals surface area contributed by atoms with Crippen molar-refractivity contribution in [2.75, 3.05) is 5.32 Å². The van der Waals surface area contributed by atoms with Gasteiger partial charge in [0.2, 0.25) is 11.8 Å². The zero-order valence-corrected chi connectivity index (χ0v) is 17.9. The first-order valence-electron chi connectivity index (χ1n) is 9.52. The van der Waals surface area contributed by atoms with E-state index >= 15 is 0 Å². The summed E-state index contributed by atoms with van der Waals surface area (Å²) in [6, 6.07) is 9.30. The summed E-state index contributed by atoms with van der Waals surface area (Å²) in [6.45, 7) is 10.0. The van der Waals surface area contributed by atoms with Crippen LogP contribution in [0, 0.1) is 0 Å². The molecule has 0 spiro atoms. The van der Waals surface area contributed by atoms with Gasteiger partial charge in [-0.1, -0.05) is 38.4 Å². The van der Waals surface area contributed by atoms with Gasteiger partial charge in [-0.15, -0.1) is 0 Å². The molecule has 28 heavy (non-hydrogen) atoms. The van der Waals surface area contributed by atoms with E-state index in [9.17, 15) is 9.59 Å². The van der Waals surface area contributed by atoms with Gasteiger partial charge in [-0.3, -0.25) is 9.59 Å². The van der Waals surface area contributed by atoms with Gasteiger partial charge in [-0.2, -0.15) is 5.10 Å². The fourth-order valence-corrected chi connectivity index (χ4v) is 2.83. The third-order valence-corrected chi connectivity index (χ3v) is 4.29. The minimum atomic E-state index is -0.168. The molecular weight excluding hydrogens is 376 g/mol. The second kappa shape index (κ2) is 9.24. The van der Waals surface area contributed by atoms with E-state index in [0.717, 1.165) is 11.4 Å². The second-order valence-corrected chi connectivity index (χ2v) is 8.62. The molecule has 0 aliphatic carbocycles. The maximum Gasteiger partial charge on any atom is 0.225 e. The molecule has 0 atom stereocenters. The lowest BCUT2D eigenvalue weighted by Gasteiger charge is -2.14. The SMILES string of the molecule is CC(C)NC(=O)CCCC(=O)Nc1cc(C(C)(C)C)nn1-c1cccc(Cl)c1. The van der Waals surface area contributed by atoms with Gasteiger partial charge in [0.1, 0.15) is 5.82 Å². The molecule has 0 aliphatic heterocycles. The Labute approximate surface area is 171 Å². The van der Waals surface area contributed by atoms with E-state index in [1.54, 1.807) is 16.8 Å². The van der Waals surface area contributed by atoms with Gasteiger partial charge in [0.25, 0.3) is 0 Å². The molecule has 0 fully saturated rings. The van der Waals surface area contributed by atoms with Crippen molar-refractivity contribution in [1.82, 2.24) is 15.1 Å². The molecule has 6 nitrogen and oxygen atoms in total. The molecule has 2 amide bonds. The van der Waals surface area contributed by atoms with Crippen molar-refractivity contribution >= 4 is 29.2 Å². The predicted octanol–water partition coefficient (Wildman–Crippen LogP) is 4.46. The molecule has 1 aromatic heterocycles. The molecule has 0 bridgehead atoms. The number of benzene rings is 1. The molecule has 152 valence electrons. The summed E-state index contributed by atoms with van der Waals surface area (Å²) < 4.78 is 1.69. The number of aromatic nitrogens is 2. The van der Waals surface area contributed by atoms with Crippen molar-refractivity contribution in [1.29, 1.82) is 0 Å². The molecule has 0 radical (unpaired) electrons.